The molecule has 3 rings (SSSR count). The van der Waals surface area contributed by atoms with E-state index < -0.39 is 0 Å². The van der Waals surface area contributed by atoms with Gasteiger partial charge in [0.2, 0.25) is 0 Å². The summed E-state index contributed by atoms with van der Waals surface area (Å²) >= 11 is 3.48. The van der Waals surface area contributed by atoms with E-state index in [1.54, 1.807) is 23.1 Å². The zero-order valence-corrected chi connectivity index (χ0v) is 15.6. The average molecular weight is 360 g/mol. The van der Waals surface area contributed by atoms with Gasteiger partial charge in [-0.05, 0) is 42.8 Å². The number of ether oxygens (including phenoxy) is 1. The second-order valence-electron chi connectivity index (χ2n) is 5.55. The number of thiophene rings is 1. The second-order valence-corrected chi connectivity index (χ2v) is 7.65. The van der Waals surface area contributed by atoms with Crippen LogP contribution in [0.3, 0.4) is 0 Å². The smallest absolute Gasteiger partial charge is 0.191 e. The van der Waals surface area contributed by atoms with Crippen molar-refractivity contribution in [1.29, 1.82) is 0 Å². The number of aromatic nitrogens is 3. The van der Waals surface area contributed by atoms with Crippen LogP contribution >= 0.6 is 23.1 Å². The Kier molecular flexibility index (Phi) is 5.93. The third kappa shape index (κ3) is 4.39. The van der Waals surface area contributed by atoms with Gasteiger partial charge in [0.15, 0.2) is 5.16 Å². The highest BCUT2D eigenvalue weighted by Gasteiger charge is 2.07. The molecule has 0 N–H and O–H groups in total. The number of benzene rings is 1. The first-order valence-electron chi connectivity index (χ1n) is 7.96. The summed E-state index contributed by atoms with van der Waals surface area (Å²) in [6.07, 6.45) is 2.82. The van der Waals surface area contributed by atoms with Crippen LogP contribution in [0.2, 0.25) is 0 Å². The lowest BCUT2D eigenvalue weighted by Crippen LogP contribution is -2.05. The molecule has 2 heterocycles. The van der Waals surface area contributed by atoms with Crippen LogP contribution in [0.1, 0.15) is 16.0 Å². The average Bonchev–Trinajstić information content (AvgIpc) is 3.23. The van der Waals surface area contributed by atoms with E-state index in [2.05, 4.69) is 64.3 Å². The largest absolute Gasteiger partial charge is 0.492 e. The first-order valence-corrected chi connectivity index (χ1v) is 9.82. The minimum absolute atomic E-state index is 0.661. The Balaban J connectivity index is 1.48. The van der Waals surface area contributed by atoms with Crippen LogP contribution in [0.15, 0.2) is 47.2 Å². The predicted molar refractivity (Wildman–Crippen MR) is 100 cm³/mol. The minimum Gasteiger partial charge on any atom is -0.492 e. The van der Waals surface area contributed by atoms with Gasteiger partial charge in [-0.15, -0.1) is 21.5 Å². The highest BCUT2D eigenvalue weighted by molar-refractivity contribution is 7.99. The summed E-state index contributed by atoms with van der Waals surface area (Å²) in [5, 5.41) is 11.3. The fourth-order valence-electron chi connectivity index (χ4n) is 2.50. The zero-order chi connectivity index (χ0) is 16.8. The molecule has 0 aliphatic carbocycles. The highest BCUT2D eigenvalue weighted by Crippen LogP contribution is 2.23. The molecule has 0 unspecified atom stereocenters. The van der Waals surface area contributed by atoms with Gasteiger partial charge in [0.1, 0.15) is 12.1 Å². The van der Waals surface area contributed by atoms with Gasteiger partial charge >= 0.3 is 0 Å². The van der Waals surface area contributed by atoms with E-state index in [1.165, 1.54) is 16.0 Å². The van der Waals surface area contributed by atoms with Crippen molar-refractivity contribution in [3.63, 3.8) is 0 Å². The molecule has 0 radical (unpaired) electrons. The standard InChI is InChI=1S/C18H21N3OS2/c1-14-5-3-6-15(2)17(14)22-10-12-24-18-20-19-13-21(18)9-8-16-7-4-11-23-16/h3-7,11,13H,8-10,12H2,1-2H3. The lowest BCUT2D eigenvalue weighted by Gasteiger charge is -2.11. The van der Waals surface area contributed by atoms with E-state index in [4.69, 9.17) is 4.74 Å². The minimum atomic E-state index is 0.661. The normalized spacial score (nSPS) is 10.9. The molecule has 1 aromatic carbocycles. The summed E-state index contributed by atoms with van der Waals surface area (Å²) in [6.45, 7) is 5.73. The maximum Gasteiger partial charge on any atom is 0.191 e. The van der Waals surface area contributed by atoms with Crippen LogP contribution in [0.4, 0.5) is 0 Å². The first-order chi connectivity index (χ1) is 11.7. The van der Waals surface area contributed by atoms with Gasteiger partial charge in [-0.2, -0.15) is 0 Å². The van der Waals surface area contributed by atoms with Gasteiger partial charge in [0.25, 0.3) is 0 Å². The number of para-hydroxylation sites is 1. The van der Waals surface area contributed by atoms with Crippen LogP contribution in [0.5, 0.6) is 5.75 Å². The molecule has 2 aromatic heterocycles. The lowest BCUT2D eigenvalue weighted by molar-refractivity contribution is 0.339. The Hall–Kier alpha value is -1.79. The number of hydrogen-bond acceptors (Lipinski definition) is 5. The predicted octanol–water partition coefficient (Wildman–Crippen LogP) is 4.37. The van der Waals surface area contributed by atoms with Crippen LogP contribution < -0.4 is 4.74 Å². The van der Waals surface area contributed by atoms with Crippen molar-refractivity contribution in [2.45, 2.75) is 32.0 Å². The van der Waals surface area contributed by atoms with Crippen molar-refractivity contribution in [2.75, 3.05) is 12.4 Å². The fourth-order valence-corrected chi connectivity index (χ4v) is 3.96. The van der Waals surface area contributed by atoms with E-state index in [-0.39, 0.29) is 0 Å². The Morgan fingerprint density at radius 3 is 2.75 bits per heavy atom. The van der Waals surface area contributed by atoms with Crippen molar-refractivity contribution in [2.24, 2.45) is 0 Å². The number of nitrogens with zero attached hydrogens (tertiary/aromatic N) is 3. The lowest BCUT2D eigenvalue weighted by atomic mass is 10.1. The van der Waals surface area contributed by atoms with Gasteiger partial charge in [0.05, 0.1) is 6.61 Å². The van der Waals surface area contributed by atoms with Crippen molar-refractivity contribution in [1.82, 2.24) is 14.8 Å². The highest BCUT2D eigenvalue weighted by atomic mass is 32.2. The molecule has 0 fully saturated rings. The molecule has 0 aliphatic heterocycles. The molecule has 126 valence electrons. The maximum absolute atomic E-state index is 5.95. The Morgan fingerprint density at radius 1 is 1.17 bits per heavy atom. The molecule has 24 heavy (non-hydrogen) atoms. The van der Waals surface area contributed by atoms with Crippen molar-refractivity contribution in [3.8, 4) is 5.75 Å². The van der Waals surface area contributed by atoms with E-state index in [9.17, 15) is 0 Å². The fraction of sp³-hybridized carbons (Fsp3) is 0.333. The van der Waals surface area contributed by atoms with Crippen LogP contribution in [0, 0.1) is 13.8 Å². The quantitative estimate of drug-likeness (QED) is 0.442. The Bertz CT molecular complexity index is 748. The first kappa shape index (κ1) is 17.0. The topological polar surface area (TPSA) is 39.9 Å². The molecule has 0 amide bonds. The van der Waals surface area contributed by atoms with Crippen LogP contribution in [-0.4, -0.2) is 27.1 Å². The molecular weight excluding hydrogens is 338 g/mol. The molecule has 6 heteroatoms. The van der Waals surface area contributed by atoms with E-state index in [1.807, 2.05) is 6.33 Å². The van der Waals surface area contributed by atoms with E-state index in [0.717, 1.165) is 29.6 Å². The van der Waals surface area contributed by atoms with E-state index in [0.29, 0.717) is 6.61 Å². The third-order valence-electron chi connectivity index (χ3n) is 3.73. The molecule has 0 aliphatic rings. The number of hydrogen-bond donors (Lipinski definition) is 0. The van der Waals surface area contributed by atoms with Gasteiger partial charge in [-0.25, -0.2) is 0 Å². The molecular formula is C18H21N3OS2. The molecule has 0 bridgehead atoms. The SMILES string of the molecule is Cc1cccc(C)c1OCCSc1nncn1CCc1cccs1. The monoisotopic (exact) mass is 359 g/mol. The van der Waals surface area contributed by atoms with Crippen LogP contribution in [-0.2, 0) is 13.0 Å². The van der Waals surface area contributed by atoms with Crippen molar-refractivity contribution in [3.05, 3.63) is 58.0 Å². The molecule has 0 atom stereocenters. The summed E-state index contributed by atoms with van der Waals surface area (Å²) in [5.41, 5.74) is 2.36. The second kappa shape index (κ2) is 8.35. The molecule has 0 spiro atoms. The van der Waals surface area contributed by atoms with Gasteiger partial charge in [-0.3, -0.25) is 0 Å². The summed E-state index contributed by atoms with van der Waals surface area (Å²) in [6, 6.07) is 10.5. The zero-order valence-electron chi connectivity index (χ0n) is 13.9. The van der Waals surface area contributed by atoms with Crippen molar-refractivity contribution < 1.29 is 4.74 Å². The van der Waals surface area contributed by atoms with E-state index >= 15 is 0 Å². The van der Waals surface area contributed by atoms with Crippen molar-refractivity contribution >= 4 is 23.1 Å². The molecule has 0 saturated carbocycles. The third-order valence-corrected chi connectivity index (χ3v) is 5.61. The van der Waals surface area contributed by atoms with Crippen LogP contribution in [0.25, 0.3) is 0 Å². The van der Waals surface area contributed by atoms with Gasteiger partial charge in [0, 0.05) is 17.2 Å². The van der Waals surface area contributed by atoms with Gasteiger partial charge in [-0.1, -0.05) is 36.0 Å². The summed E-state index contributed by atoms with van der Waals surface area (Å²) in [5.74, 6) is 1.85. The summed E-state index contributed by atoms with van der Waals surface area (Å²) < 4.78 is 8.06. The Morgan fingerprint density at radius 2 is 2.00 bits per heavy atom. The number of aryl methyl sites for hydroxylation is 4. The maximum atomic E-state index is 5.95. The summed E-state index contributed by atoms with van der Waals surface area (Å²) in [7, 11) is 0. The molecule has 3 aromatic rings. The Labute approximate surface area is 150 Å². The number of thioether (sulfide) groups is 1. The summed E-state index contributed by atoms with van der Waals surface area (Å²) in [4.78, 5) is 1.39. The molecule has 4 nitrogen and oxygen atoms in total. The van der Waals surface area contributed by atoms with Gasteiger partial charge < -0.3 is 9.30 Å². The molecule has 0 saturated heterocycles. The number of rotatable bonds is 8.